The number of guanidine groups is 1. The molecule has 0 spiro atoms. The molecule has 2 aromatic rings. The van der Waals surface area contributed by atoms with Gasteiger partial charge in [0.2, 0.25) is 0 Å². The van der Waals surface area contributed by atoms with E-state index in [0.717, 1.165) is 38.6 Å². The van der Waals surface area contributed by atoms with Gasteiger partial charge in [0, 0.05) is 71.8 Å². The van der Waals surface area contributed by atoms with E-state index in [1.807, 2.05) is 0 Å². The highest BCUT2D eigenvalue weighted by molar-refractivity contribution is 14.0. The zero-order valence-electron chi connectivity index (χ0n) is 20.0. The Bertz CT molecular complexity index is 783. The Labute approximate surface area is 211 Å². The summed E-state index contributed by atoms with van der Waals surface area (Å²) in [7, 11) is 4.21. The molecule has 1 aromatic heterocycles. The van der Waals surface area contributed by atoms with Gasteiger partial charge in [-0.3, -0.25) is 9.89 Å². The molecule has 0 aliphatic carbocycles. The van der Waals surface area contributed by atoms with E-state index >= 15 is 0 Å². The lowest BCUT2D eigenvalue weighted by Gasteiger charge is -2.34. The summed E-state index contributed by atoms with van der Waals surface area (Å²) in [5.74, 6) is 0.998. The van der Waals surface area contributed by atoms with Crippen LogP contribution >= 0.6 is 24.0 Å². The number of unbranched alkanes of at least 4 members (excludes halogenated alkanes) is 1. The zero-order chi connectivity index (χ0) is 21.9. The molecule has 0 bridgehead atoms. The van der Waals surface area contributed by atoms with E-state index in [2.05, 4.69) is 94.3 Å². The summed E-state index contributed by atoms with van der Waals surface area (Å²) in [6.07, 6.45) is 4.44. The number of hydrogen-bond acceptors (Lipinski definition) is 3. The minimum absolute atomic E-state index is 0. The first kappa shape index (κ1) is 26.7. The van der Waals surface area contributed by atoms with Crippen LogP contribution in [0, 0.1) is 0 Å². The molecule has 7 heteroatoms. The van der Waals surface area contributed by atoms with E-state index < -0.39 is 0 Å². The molecule has 1 aliphatic rings. The number of benzene rings is 1. The highest BCUT2D eigenvalue weighted by Crippen LogP contribution is 2.09. The van der Waals surface area contributed by atoms with Crippen LogP contribution in [0.4, 0.5) is 0 Å². The molecule has 0 saturated carbocycles. The SMILES string of the molecule is CCNC(=NCCCCN1CCN(Cc2ccccc2)CC1)N(C)Cc1cccn1C.I. The third kappa shape index (κ3) is 8.75. The Hall–Kier alpha value is -1.58. The van der Waals surface area contributed by atoms with E-state index in [9.17, 15) is 0 Å². The molecule has 1 saturated heterocycles. The third-order valence-electron chi connectivity index (χ3n) is 6.00. The van der Waals surface area contributed by atoms with Gasteiger partial charge < -0.3 is 19.7 Å². The summed E-state index contributed by atoms with van der Waals surface area (Å²) in [6, 6.07) is 15.1. The predicted octanol–water partition coefficient (Wildman–Crippen LogP) is 3.64. The summed E-state index contributed by atoms with van der Waals surface area (Å²) in [6.45, 7) is 11.7. The van der Waals surface area contributed by atoms with Crippen LogP contribution in [0.3, 0.4) is 0 Å². The van der Waals surface area contributed by atoms with E-state index in [1.54, 1.807) is 0 Å². The second-order valence-corrected chi connectivity index (χ2v) is 8.51. The highest BCUT2D eigenvalue weighted by atomic mass is 127. The average molecular weight is 553 g/mol. The van der Waals surface area contributed by atoms with Crippen molar-refractivity contribution in [3.8, 4) is 0 Å². The van der Waals surface area contributed by atoms with Gasteiger partial charge in [0.1, 0.15) is 0 Å². The van der Waals surface area contributed by atoms with Crippen molar-refractivity contribution in [2.75, 3.05) is 52.9 Å². The van der Waals surface area contributed by atoms with Gasteiger partial charge in [-0.15, -0.1) is 24.0 Å². The predicted molar refractivity (Wildman–Crippen MR) is 146 cm³/mol. The number of hydrogen-bond donors (Lipinski definition) is 1. The number of piperazine rings is 1. The molecule has 3 rings (SSSR count). The standard InChI is InChI=1S/C25H40N6.HI/c1-4-26-25(29(3)22-24-13-10-15-28(24)2)27-14-8-9-16-30-17-19-31(20-18-30)21-23-11-6-5-7-12-23;/h5-7,10-13,15H,4,8-9,14,16-22H2,1-3H3,(H,26,27);1H. The molecule has 32 heavy (non-hydrogen) atoms. The first-order valence-electron chi connectivity index (χ1n) is 11.7. The summed E-state index contributed by atoms with van der Waals surface area (Å²) in [4.78, 5) is 12.3. The molecule has 0 radical (unpaired) electrons. The smallest absolute Gasteiger partial charge is 0.194 e. The Morgan fingerprint density at radius 2 is 1.72 bits per heavy atom. The average Bonchev–Trinajstić information content (AvgIpc) is 3.19. The highest BCUT2D eigenvalue weighted by Gasteiger charge is 2.16. The summed E-state index contributed by atoms with van der Waals surface area (Å²) < 4.78 is 2.17. The molecule has 1 aliphatic heterocycles. The minimum atomic E-state index is 0. The van der Waals surface area contributed by atoms with Crippen LogP contribution in [0.2, 0.25) is 0 Å². The fraction of sp³-hybridized carbons (Fsp3) is 0.560. The van der Waals surface area contributed by atoms with Crippen molar-refractivity contribution in [1.82, 2.24) is 24.6 Å². The molecular weight excluding hydrogens is 511 g/mol. The van der Waals surface area contributed by atoms with Crippen LogP contribution in [0.1, 0.15) is 31.0 Å². The van der Waals surface area contributed by atoms with Crippen LogP contribution in [0.15, 0.2) is 53.7 Å². The van der Waals surface area contributed by atoms with E-state index in [0.29, 0.717) is 0 Å². The summed E-state index contributed by atoms with van der Waals surface area (Å²) in [5, 5.41) is 3.43. The first-order chi connectivity index (χ1) is 15.2. The molecular formula is C25H41IN6. The van der Waals surface area contributed by atoms with Crippen LogP contribution in [0.5, 0.6) is 0 Å². The Morgan fingerprint density at radius 1 is 1.00 bits per heavy atom. The molecule has 6 nitrogen and oxygen atoms in total. The maximum atomic E-state index is 4.86. The van der Waals surface area contributed by atoms with Gasteiger partial charge in [0.15, 0.2) is 5.96 Å². The quantitative estimate of drug-likeness (QED) is 0.212. The van der Waals surface area contributed by atoms with E-state index in [-0.39, 0.29) is 24.0 Å². The molecule has 2 heterocycles. The van der Waals surface area contributed by atoms with Crippen molar-refractivity contribution in [2.24, 2.45) is 12.0 Å². The third-order valence-corrected chi connectivity index (χ3v) is 6.00. The fourth-order valence-electron chi connectivity index (χ4n) is 4.09. The molecule has 1 fully saturated rings. The minimum Gasteiger partial charge on any atom is -0.357 e. The topological polar surface area (TPSA) is 39.0 Å². The van der Waals surface area contributed by atoms with Crippen molar-refractivity contribution in [1.29, 1.82) is 0 Å². The van der Waals surface area contributed by atoms with Crippen LogP contribution in [-0.2, 0) is 20.1 Å². The number of aryl methyl sites for hydroxylation is 1. The summed E-state index contributed by atoms with van der Waals surface area (Å²) >= 11 is 0. The van der Waals surface area contributed by atoms with Gasteiger partial charge in [-0.1, -0.05) is 30.3 Å². The van der Waals surface area contributed by atoms with Gasteiger partial charge in [0.25, 0.3) is 0 Å². The maximum Gasteiger partial charge on any atom is 0.194 e. The lowest BCUT2D eigenvalue weighted by atomic mass is 10.2. The van der Waals surface area contributed by atoms with Gasteiger partial charge in [-0.2, -0.15) is 0 Å². The number of aliphatic imine (C=N–C) groups is 1. The Morgan fingerprint density at radius 3 is 2.38 bits per heavy atom. The zero-order valence-corrected chi connectivity index (χ0v) is 22.4. The number of nitrogens with zero attached hydrogens (tertiary/aromatic N) is 5. The molecule has 0 amide bonds. The van der Waals surface area contributed by atoms with Gasteiger partial charge in [-0.25, -0.2) is 0 Å². The van der Waals surface area contributed by atoms with Crippen molar-refractivity contribution >= 4 is 29.9 Å². The number of rotatable bonds is 10. The van der Waals surface area contributed by atoms with Gasteiger partial charge >= 0.3 is 0 Å². The monoisotopic (exact) mass is 552 g/mol. The summed E-state index contributed by atoms with van der Waals surface area (Å²) in [5.41, 5.74) is 2.71. The van der Waals surface area contributed by atoms with Crippen molar-refractivity contribution < 1.29 is 0 Å². The Kier molecular flexibility index (Phi) is 12.1. The lowest BCUT2D eigenvalue weighted by Crippen LogP contribution is -2.46. The second kappa shape index (κ2) is 14.5. The maximum absolute atomic E-state index is 4.86. The van der Waals surface area contributed by atoms with Crippen LogP contribution in [-0.4, -0.2) is 78.1 Å². The van der Waals surface area contributed by atoms with Crippen molar-refractivity contribution in [3.05, 3.63) is 59.9 Å². The first-order valence-corrected chi connectivity index (χ1v) is 11.7. The fourth-order valence-corrected chi connectivity index (χ4v) is 4.09. The van der Waals surface area contributed by atoms with Crippen LogP contribution < -0.4 is 5.32 Å². The number of nitrogens with one attached hydrogen (secondary N) is 1. The Balaban J connectivity index is 0.00000363. The van der Waals surface area contributed by atoms with Gasteiger partial charge in [-0.05, 0) is 44.0 Å². The van der Waals surface area contributed by atoms with Gasteiger partial charge in [0.05, 0.1) is 6.54 Å². The molecule has 1 aromatic carbocycles. The normalized spacial score (nSPS) is 15.4. The molecule has 1 N–H and O–H groups in total. The molecule has 0 unspecified atom stereocenters. The lowest BCUT2D eigenvalue weighted by molar-refractivity contribution is 0.126. The largest absolute Gasteiger partial charge is 0.357 e. The second-order valence-electron chi connectivity index (χ2n) is 8.51. The van der Waals surface area contributed by atoms with E-state index in [1.165, 1.54) is 50.4 Å². The molecule has 178 valence electrons. The van der Waals surface area contributed by atoms with Crippen molar-refractivity contribution in [2.45, 2.75) is 32.9 Å². The number of aromatic nitrogens is 1. The van der Waals surface area contributed by atoms with Crippen molar-refractivity contribution in [3.63, 3.8) is 0 Å². The number of halogens is 1. The van der Waals surface area contributed by atoms with Crippen LogP contribution in [0.25, 0.3) is 0 Å². The van der Waals surface area contributed by atoms with E-state index in [4.69, 9.17) is 4.99 Å². The molecule has 0 atom stereocenters.